The van der Waals surface area contributed by atoms with Crippen molar-refractivity contribution >= 4 is 20.5 Å². The molecule has 2 atom stereocenters. The number of unbranched alkanes of at least 4 members (excludes halogenated alkanes) is 2. The number of ether oxygens (including phenoxy) is 2. The van der Waals surface area contributed by atoms with Crippen LogP contribution in [0.5, 0.6) is 5.75 Å². The van der Waals surface area contributed by atoms with Crippen molar-refractivity contribution in [1.29, 1.82) is 0 Å². The molecule has 0 saturated heterocycles. The van der Waals surface area contributed by atoms with Gasteiger partial charge in [-0.05, 0) is 60.3 Å². The number of aliphatic hydroxyl groups is 1. The summed E-state index contributed by atoms with van der Waals surface area (Å²) in [6.45, 7) is 3.51. The van der Waals surface area contributed by atoms with Crippen molar-refractivity contribution in [2.45, 2.75) is 32.1 Å². The Hall–Kier alpha value is -1.94. The van der Waals surface area contributed by atoms with Gasteiger partial charge in [-0.15, -0.1) is 9.24 Å². The van der Waals surface area contributed by atoms with E-state index in [0.29, 0.717) is 19.8 Å². The Bertz CT molecular complexity index is 745. The summed E-state index contributed by atoms with van der Waals surface area (Å²) in [7, 11) is 2.69. The largest absolute Gasteiger partial charge is 0.494 e. The fourth-order valence-corrected chi connectivity index (χ4v) is 3.28. The van der Waals surface area contributed by atoms with Gasteiger partial charge in [0.2, 0.25) is 0 Å². The fourth-order valence-electron chi connectivity index (χ4n) is 2.83. The summed E-state index contributed by atoms with van der Waals surface area (Å²) in [5, 5.41) is 18.8. The molecule has 0 fully saturated rings. The lowest BCUT2D eigenvalue weighted by molar-refractivity contribution is -0.138. The average molecular weight is 404 g/mol. The van der Waals surface area contributed by atoms with Gasteiger partial charge in [-0.3, -0.25) is 4.79 Å². The molecule has 0 radical (unpaired) electrons. The summed E-state index contributed by atoms with van der Waals surface area (Å²) in [5.41, 5.74) is 2.91. The molecule has 0 saturated carbocycles. The van der Waals surface area contributed by atoms with Gasteiger partial charge < -0.3 is 19.7 Å². The molecular formula is C22H29O5P. The summed E-state index contributed by atoms with van der Waals surface area (Å²) in [5.74, 6) is -0.511. The highest BCUT2D eigenvalue weighted by molar-refractivity contribution is 7.28. The van der Waals surface area contributed by atoms with E-state index in [2.05, 4.69) is 9.24 Å². The number of carbonyl (C=O) groups is 1. The van der Waals surface area contributed by atoms with Gasteiger partial charge >= 0.3 is 5.97 Å². The zero-order valence-corrected chi connectivity index (χ0v) is 17.4. The first-order valence-corrected chi connectivity index (χ1v) is 10.1. The quantitative estimate of drug-likeness (QED) is 0.418. The maximum atomic E-state index is 11.2. The molecule has 2 rings (SSSR count). The molecule has 28 heavy (non-hydrogen) atoms. The average Bonchev–Trinajstić information content (AvgIpc) is 2.70. The molecule has 0 aliphatic rings. The Kier molecular flexibility index (Phi) is 9.42. The zero-order chi connectivity index (χ0) is 20.4. The van der Waals surface area contributed by atoms with Crippen LogP contribution in [-0.4, -0.2) is 42.6 Å². The minimum absolute atomic E-state index is 0.0723. The normalized spacial score (nSPS) is 12.0. The topological polar surface area (TPSA) is 76.0 Å². The Labute approximate surface area is 168 Å². The Morgan fingerprint density at radius 1 is 1.04 bits per heavy atom. The van der Waals surface area contributed by atoms with Crippen LogP contribution >= 0.6 is 9.24 Å². The van der Waals surface area contributed by atoms with Gasteiger partial charge in [-0.25, -0.2) is 0 Å². The molecule has 0 spiro atoms. The van der Waals surface area contributed by atoms with Gasteiger partial charge in [0.1, 0.15) is 5.75 Å². The molecule has 152 valence electrons. The summed E-state index contributed by atoms with van der Waals surface area (Å²) in [6, 6.07) is 13.7. The Balaban J connectivity index is 1.84. The molecule has 0 amide bonds. The maximum Gasteiger partial charge on any atom is 0.310 e. The van der Waals surface area contributed by atoms with Gasteiger partial charge in [0.25, 0.3) is 0 Å². The van der Waals surface area contributed by atoms with Crippen LogP contribution in [0.3, 0.4) is 0 Å². The predicted octanol–water partition coefficient (Wildman–Crippen LogP) is 3.60. The first kappa shape index (κ1) is 22.4. The van der Waals surface area contributed by atoms with E-state index in [4.69, 9.17) is 19.7 Å². The minimum atomic E-state index is -0.823. The molecule has 0 aromatic heterocycles. The number of rotatable bonds is 12. The van der Waals surface area contributed by atoms with Crippen molar-refractivity contribution in [3.05, 3.63) is 48.0 Å². The molecule has 5 nitrogen and oxygen atoms in total. The Morgan fingerprint density at radius 2 is 1.75 bits per heavy atom. The van der Waals surface area contributed by atoms with E-state index in [0.717, 1.165) is 47.0 Å². The third-order valence-corrected chi connectivity index (χ3v) is 5.03. The lowest BCUT2D eigenvalue weighted by Gasteiger charge is -2.12. The highest BCUT2D eigenvalue weighted by atomic mass is 31.0. The summed E-state index contributed by atoms with van der Waals surface area (Å²) in [4.78, 5) is 11.2. The van der Waals surface area contributed by atoms with Crippen LogP contribution in [0.4, 0.5) is 0 Å². The van der Waals surface area contributed by atoms with Gasteiger partial charge in [-0.1, -0.05) is 30.3 Å². The molecule has 0 heterocycles. The van der Waals surface area contributed by atoms with Crippen LogP contribution in [0.2, 0.25) is 0 Å². The SMILES string of the molecule is CC(C(=O)O)c1ccc(-c2ccc(OCCCCCOCCO)cc2)c(P)c1. The van der Waals surface area contributed by atoms with Crippen molar-refractivity contribution in [2.24, 2.45) is 0 Å². The highest BCUT2D eigenvalue weighted by Crippen LogP contribution is 2.25. The molecular weight excluding hydrogens is 375 g/mol. The van der Waals surface area contributed by atoms with Crippen molar-refractivity contribution in [2.75, 3.05) is 26.4 Å². The number of hydrogen-bond donors (Lipinski definition) is 2. The molecule has 0 aliphatic carbocycles. The van der Waals surface area contributed by atoms with E-state index in [-0.39, 0.29) is 6.61 Å². The second-order valence-electron chi connectivity index (χ2n) is 6.68. The zero-order valence-electron chi connectivity index (χ0n) is 16.3. The van der Waals surface area contributed by atoms with Crippen LogP contribution in [-0.2, 0) is 9.53 Å². The summed E-state index contributed by atoms with van der Waals surface area (Å²) < 4.78 is 11.0. The number of benzene rings is 2. The monoisotopic (exact) mass is 404 g/mol. The van der Waals surface area contributed by atoms with E-state index in [1.54, 1.807) is 6.92 Å². The Morgan fingerprint density at radius 3 is 2.39 bits per heavy atom. The minimum Gasteiger partial charge on any atom is -0.494 e. The summed E-state index contributed by atoms with van der Waals surface area (Å²) >= 11 is 0. The van der Waals surface area contributed by atoms with Crippen molar-refractivity contribution < 1.29 is 24.5 Å². The predicted molar refractivity (Wildman–Crippen MR) is 115 cm³/mol. The summed E-state index contributed by atoms with van der Waals surface area (Å²) in [6.07, 6.45) is 2.96. The molecule has 2 aromatic rings. The van der Waals surface area contributed by atoms with Crippen LogP contribution in [0.25, 0.3) is 11.1 Å². The third kappa shape index (κ3) is 6.90. The number of carboxylic acid groups (broad SMARTS) is 1. The second kappa shape index (κ2) is 11.8. The van der Waals surface area contributed by atoms with Crippen molar-refractivity contribution in [1.82, 2.24) is 0 Å². The van der Waals surface area contributed by atoms with Crippen LogP contribution in [0.15, 0.2) is 42.5 Å². The van der Waals surface area contributed by atoms with Crippen LogP contribution in [0, 0.1) is 0 Å². The number of aliphatic carboxylic acids is 1. The first-order valence-electron chi connectivity index (χ1n) is 9.57. The number of hydrogen-bond acceptors (Lipinski definition) is 4. The maximum absolute atomic E-state index is 11.2. The van der Waals surface area contributed by atoms with E-state index in [9.17, 15) is 4.79 Å². The molecule has 0 aliphatic heterocycles. The third-order valence-electron chi connectivity index (χ3n) is 4.55. The molecule has 2 N–H and O–H groups in total. The molecule has 2 aromatic carbocycles. The lowest BCUT2D eigenvalue weighted by atomic mass is 9.97. The van der Waals surface area contributed by atoms with E-state index < -0.39 is 11.9 Å². The fraction of sp³-hybridized carbons (Fsp3) is 0.409. The highest BCUT2D eigenvalue weighted by Gasteiger charge is 2.14. The first-order chi connectivity index (χ1) is 13.5. The van der Waals surface area contributed by atoms with Gasteiger partial charge in [0, 0.05) is 6.61 Å². The van der Waals surface area contributed by atoms with E-state index in [1.165, 1.54) is 0 Å². The van der Waals surface area contributed by atoms with Crippen molar-refractivity contribution in [3.8, 4) is 16.9 Å². The van der Waals surface area contributed by atoms with E-state index in [1.807, 2.05) is 42.5 Å². The standard InChI is InChI=1S/C22H29O5P/c1-16(22(24)25)18-7-10-20(21(28)15-18)17-5-8-19(9-6-17)27-13-4-2-3-12-26-14-11-23/h5-10,15-16,23H,2-4,11-14,28H2,1H3,(H,24,25). The lowest BCUT2D eigenvalue weighted by Crippen LogP contribution is -2.10. The second-order valence-corrected chi connectivity index (χ2v) is 7.30. The van der Waals surface area contributed by atoms with Crippen LogP contribution in [0.1, 0.15) is 37.7 Å². The van der Waals surface area contributed by atoms with E-state index >= 15 is 0 Å². The van der Waals surface area contributed by atoms with Gasteiger partial charge in [-0.2, -0.15) is 0 Å². The van der Waals surface area contributed by atoms with Gasteiger partial charge in [0.05, 0.1) is 25.7 Å². The number of aliphatic hydroxyl groups excluding tert-OH is 1. The van der Waals surface area contributed by atoms with Crippen LogP contribution < -0.4 is 10.0 Å². The van der Waals surface area contributed by atoms with Crippen molar-refractivity contribution in [3.63, 3.8) is 0 Å². The smallest absolute Gasteiger partial charge is 0.310 e. The molecule has 0 bridgehead atoms. The number of carboxylic acids is 1. The molecule has 6 heteroatoms. The molecule has 2 unspecified atom stereocenters. The van der Waals surface area contributed by atoms with Gasteiger partial charge in [0.15, 0.2) is 0 Å².